The second-order valence-corrected chi connectivity index (χ2v) is 9.60. The van der Waals surface area contributed by atoms with E-state index in [2.05, 4.69) is 0 Å². The second-order valence-electron chi connectivity index (χ2n) is 5.72. The highest BCUT2D eigenvalue weighted by atomic mass is 32.2. The Balaban J connectivity index is 1.77. The van der Waals surface area contributed by atoms with Gasteiger partial charge in [-0.25, -0.2) is 25.6 Å². The van der Waals surface area contributed by atoms with E-state index < -0.39 is 31.7 Å². The van der Waals surface area contributed by atoms with Gasteiger partial charge in [0.25, 0.3) is 0 Å². The number of nitrogens with zero attached hydrogens (tertiary/aromatic N) is 2. The molecule has 140 valence electrons. The van der Waals surface area contributed by atoms with E-state index in [0.29, 0.717) is 0 Å². The molecule has 2 aromatic rings. The molecule has 1 aliphatic rings. The van der Waals surface area contributed by atoms with Crippen molar-refractivity contribution in [2.75, 3.05) is 26.2 Å². The Morgan fingerprint density at radius 1 is 0.654 bits per heavy atom. The average molecular weight is 402 g/mol. The highest BCUT2D eigenvalue weighted by Gasteiger charge is 2.33. The maximum Gasteiger partial charge on any atom is 0.243 e. The van der Waals surface area contributed by atoms with Crippen LogP contribution in [0.2, 0.25) is 0 Å². The van der Waals surface area contributed by atoms with E-state index in [9.17, 15) is 25.6 Å². The summed E-state index contributed by atoms with van der Waals surface area (Å²) in [6, 6.07) is 9.30. The van der Waals surface area contributed by atoms with Gasteiger partial charge in [-0.1, -0.05) is 12.1 Å². The van der Waals surface area contributed by atoms with Crippen LogP contribution in [0.15, 0.2) is 58.3 Å². The lowest BCUT2D eigenvalue weighted by Gasteiger charge is -2.33. The van der Waals surface area contributed by atoms with Crippen LogP contribution in [0, 0.1) is 11.6 Å². The molecular weight excluding hydrogens is 386 g/mol. The van der Waals surface area contributed by atoms with Crippen LogP contribution in [0.4, 0.5) is 8.78 Å². The van der Waals surface area contributed by atoms with Gasteiger partial charge < -0.3 is 0 Å². The molecule has 0 aliphatic carbocycles. The predicted molar refractivity (Wildman–Crippen MR) is 90.3 cm³/mol. The quantitative estimate of drug-likeness (QED) is 0.780. The molecule has 0 bridgehead atoms. The molecule has 1 aliphatic heterocycles. The summed E-state index contributed by atoms with van der Waals surface area (Å²) in [5.41, 5.74) is 0. The molecule has 26 heavy (non-hydrogen) atoms. The number of rotatable bonds is 4. The second kappa shape index (κ2) is 7.03. The molecule has 0 N–H and O–H groups in total. The summed E-state index contributed by atoms with van der Waals surface area (Å²) >= 11 is 0. The Bertz CT molecular complexity index is 935. The number of halogens is 2. The monoisotopic (exact) mass is 402 g/mol. The van der Waals surface area contributed by atoms with Gasteiger partial charge in [-0.2, -0.15) is 8.61 Å². The number of hydrogen-bond acceptors (Lipinski definition) is 4. The van der Waals surface area contributed by atoms with Crippen LogP contribution >= 0.6 is 0 Å². The zero-order valence-corrected chi connectivity index (χ0v) is 15.2. The molecule has 2 aromatic carbocycles. The van der Waals surface area contributed by atoms with Gasteiger partial charge in [0, 0.05) is 26.2 Å². The molecule has 6 nitrogen and oxygen atoms in total. The molecule has 0 unspecified atom stereocenters. The third-order valence-electron chi connectivity index (χ3n) is 4.07. The van der Waals surface area contributed by atoms with E-state index in [-0.39, 0.29) is 36.0 Å². The van der Waals surface area contributed by atoms with Crippen molar-refractivity contribution in [2.45, 2.75) is 9.79 Å². The molecule has 10 heteroatoms. The molecule has 0 atom stereocenters. The Labute approximate surface area is 150 Å². The first-order chi connectivity index (χ1) is 12.2. The highest BCUT2D eigenvalue weighted by molar-refractivity contribution is 7.89. The van der Waals surface area contributed by atoms with E-state index in [1.807, 2.05) is 0 Å². The molecule has 1 heterocycles. The third-order valence-corrected chi connectivity index (χ3v) is 7.85. The Morgan fingerprint density at radius 2 is 1.00 bits per heavy atom. The summed E-state index contributed by atoms with van der Waals surface area (Å²) in [5, 5.41) is 0. The summed E-state index contributed by atoms with van der Waals surface area (Å²) < 4.78 is 79.0. The van der Waals surface area contributed by atoms with Crippen LogP contribution in [-0.2, 0) is 20.0 Å². The Hall–Kier alpha value is -1.88. The molecule has 3 rings (SSSR count). The zero-order chi connectivity index (χ0) is 18.9. The molecular formula is C16H16F2N2O4S2. The van der Waals surface area contributed by atoms with Gasteiger partial charge in [0.2, 0.25) is 20.0 Å². The first-order valence-electron chi connectivity index (χ1n) is 7.73. The highest BCUT2D eigenvalue weighted by Crippen LogP contribution is 2.22. The lowest BCUT2D eigenvalue weighted by Crippen LogP contribution is -2.50. The molecule has 1 saturated heterocycles. The maximum absolute atomic E-state index is 13.3. The summed E-state index contributed by atoms with van der Waals surface area (Å²) in [6.45, 7) is -0.304. The lowest BCUT2D eigenvalue weighted by atomic mass is 10.4. The smallest absolute Gasteiger partial charge is 0.207 e. The minimum absolute atomic E-state index is 0.0760. The minimum atomic E-state index is -3.91. The van der Waals surface area contributed by atoms with E-state index in [0.717, 1.165) is 32.9 Å². The molecule has 0 saturated carbocycles. The van der Waals surface area contributed by atoms with Crippen molar-refractivity contribution in [3.05, 3.63) is 60.2 Å². The normalized spacial score (nSPS) is 17.3. The van der Waals surface area contributed by atoms with E-state index in [1.165, 1.54) is 24.3 Å². The maximum atomic E-state index is 13.3. The Morgan fingerprint density at radius 3 is 1.31 bits per heavy atom. The van der Waals surface area contributed by atoms with Gasteiger partial charge in [0.05, 0.1) is 9.79 Å². The number of piperazine rings is 1. The first-order valence-corrected chi connectivity index (χ1v) is 10.6. The van der Waals surface area contributed by atoms with Crippen molar-refractivity contribution in [3.63, 3.8) is 0 Å². The summed E-state index contributed by atoms with van der Waals surface area (Å²) in [7, 11) is -7.83. The summed E-state index contributed by atoms with van der Waals surface area (Å²) in [6.07, 6.45) is 0. The number of sulfonamides is 2. The van der Waals surface area contributed by atoms with Crippen molar-refractivity contribution >= 4 is 20.0 Å². The topological polar surface area (TPSA) is 74.8 Å². The summed E-state index contributed by atoms with van der Waals surface area (Å²) in [5.74, 6) is -1.34. The molecule has 0 aromatic heterocycles. The predicted octanol–water partition coefficient (Wildman–Crippen LogP) is 1.66. The van der Waals surface area contributed by atoms with Crippen LogP contribution in [-0.4, -0.2) is 51.6 Å². The van der Waals surface area contributed by atoms with Crippen LogP contribution < -0.4 is 0 Å². The van der Waals surface area contributed by atoms with Gasteiger partial charge in [-0.05, 0) is 36.4 Å². The lowest BCUT2D eigenvalue weighted by molar-refractivity contribution is 0.272. The van der Waals surface area contributed by atoms with Crippen molar-refractivity contribution in [1.29, 1.82) is 0 Å². The minimum Gasteiger partial charge on any atom is -0.207 e. The van der Waals surface area contributed by atoms with Gasteiger partial charge in [-0.15, -0.1) is 0 Å². The number of hydrogen-bond donors (Lipinski definition) is 0. The summed E-state index contributed by atoms with van der Waals surface area (Å²) in [4.78, 5) is -0.363. The molecule has 0 radical (unpaired) electrons. The first kappa shape index (κ1) is 18.9. The molecule has 1 fully saturated rings. The fraction of sp³-hybridized carbons (Fsp3) is 0.250. The average Bonchev–Trinajstić information content (AvgIpc) is 2.62. The Kier molecular flexibility index (Phi) is 5.11. The van der Waals surface area contributed by atoms with Crippen LogP contribution in [0.25, 0.3) is 0 Å². The standard InChI is InChI=1S/C16H16F2N2O4S2/c17-13-3-1-5-15(11-13)25(21,22)19-7-9-20(10-8-19)26(23,24)16-6-2-4-14(18)12-16/h1-6,11-12H,7-10H2. The van der Waals surface area contributed by atoms with E-state index in [1.54, 1.807) is 0 Å². The van der Waals surface area contributed by atoms with Crippen molar-refractivity contribution in [3.8, 4) is 0 Å². The molecule has 0 spiro atoms. The van der Waals surface area contributed by atoms with Crippen LogP contribution in [0.5, 0.6) is 0 Å². The van der Waals surface area contributed by atoms with Gasteiger partial charge in [0.1, 0.15) is 11.6 Å². The molecule has 0 amide bonds. The number of benzene rings is 2. The van der Waals surface area contributed by atoms with E-state index >= 15 is 0 Å². The van der Waals surface area contributed by atoms with Gasteiger partial charge >= 0.3 is 0 Å². The fourth-order valence-corrected chi connectivity index (χ4v) is 5.61. The van der Waals surface area contributed by atoms with Crippen molar-refractivity contribution in [2.24, 2.45) is 0 Å². The van der Waals surface area contributed by atoms with Crippen LogP contribution in [0.1, 0.15) is 0 Å². The van der Waals surface area contributed by atoms with Crippen molar-refractivity contribution in [1.82, 2.24) is 8.61 Å². The zero-order valence-electron chi connectivity index (χ0n) is 13.5. The largest absolute Gasteiger partial charge is 0.243 e. The van der Waals surface area contributed by atoms with Gasteiger partial charge in [0.15, 0.2) is 0 Å². The van der Waals surface area contributed by atoms with E-state index in [4.69, 9.17) is 0 Å². The van der Waals surface area contributed by atoms with Gasteiger partial charge in [-0.3, -0.25) is 0 Å². The third kappa shape index (κ3) is 3.63. The van der Waals surface area contributed by atoms with Crippen LogP contribution in [0.3, 0.4) is 0 Å². The van der Waals surface area contributed by atoms with Crippen molar-refractivity contribution < 1.29 is 25.6 Å². The SMILES string of the molecule is O=S(=O)(c1cccc(F)c1)N1CCN(S(=O)(=O)c2cccc(F)c2)CC1. The fourth-order valence-electron chi connectivity index (χ4n) is 2.70.